The van der Waals surface area contributed by atoms with E-state index in [2.05, 4.69) is 10.3 Å². The smallest absolute Gasteiger partial charge is 0.356 e. The Kier molecular flexibility index (Phi) is 3.57. The molecule has 1 aromatic heterocycles. The number of benzene rings is 1. The van der Waals surface area contributed by atoms with Crippen LogP contribution in [0.25, 0.3) is 0 Å². The van der Waals surface area contributed by atoms with E-state index in [4.69, 9.17) is 16.3 Å². The van der Waals surface area contributed by atoms with E-state index in [0.717, 1.165) is 12.8 Å². The molecule has 2 heterocycles. The molecule has 2 aromatic rings. The van der Waals surface area contributed by atoms with Gasteiger partial charge in [-0.25, -0.2) is 4.98 Å². The highest BCUT2D eigenvalue weighted by molar-refractivity contribution is 6.30. The van der Waals surface area contributed by atoms with Gasteiger partial charge in [0.1, 0.15) is 5.82 Å². The molecule has 1 unspecified atom stereocenters. The first-order valence-electron chi connectivity index (χ1n) is 7.98. The average molecular weight is 369 g/mol. The molecule has 7 heteroatoms. The SMILES string of the molecule is CC1(COC2(C(F)(F)F)c3cc(Cl)ccc3Nc3ncccc32)CC1. The molecule has 2 aliphatic rings. The number of ether oxygens (including phenoxy) is 1. The zero-order valence-corrected chi connectivity index (χ0v) is 14.2. The summed E-state index contributed by atoms with van der Waals surface area (Å²) >= 11 is 6.02. The third-order valence-corrected chi connectivity index (χ3v) is 5.18. The molecule has 1 N–H and O–H groups in total. The van der Waals surface area contributed by atoms with Crippen LogP contribution in [-0.4, -0.2) is 17.8 Å². The van der Waals surface area contributed by atoms with Crippen LogP contribution in [0, 0.1) is 5.41 Å². The topological polar surface area (TPSA) is 34.1 Å². The number of halogens is 4. The predicted molar refractivity (Wildman–Crippen MR) is 89.1 cm³/mol. The molecule has 1 aromatic carbocycles. The third kappa shape index (κ3) is 2.59. The molecular weight excluding hydrogens is 353 g/mol. The van der Waals surface area contributed by atoms with Crippen molar-refractivity contribution in [1.29, 1.82) is 0 Å². The largest absolute Gasteiger partial charge is 0.426 e. The van der Waals surface area contributed by atoms with Crippen molar-refractivity contribution in [3.05, 3.63) is 52.7 Å². The lowest BCUT2D eigenvalue weighted by atomic mass is 9.81. The van der Waals surface area contributed by atoms with Crippen LogP contribution in [0.1, 0.15) is 30.9 Å². The number of rotatable bonds is 3. The first kappa shape index (κ1) is 16.7. The van der Waals surface area contributed by atoms with Crippen molar-refractivity contribution in [3.8, 4) is 0 Å². The summed E-state index contributed by atoms with van der Waals surface area (Å²) < 4.78 is 49.1. The minimum absolute atomic E-state index is 0.0206. The van der Waals surface area contributed by atoms with Crippen molar-refractivity contribution in [2.24, 2.45) is 5.41 Å². The summed E-state index contributed by atoms with van der Waals surface area (Å²) in [5, 5.41) is 3.18. The molecule has 0 spiro atoms. The van der Waals surface area contributed by atoms with E-state index in [1.807, 2.05) is 6.92 Å². The molecule has 0 saturated heterocycles. The van der Waals surface area contributed by atoms with Crippen LogP contribution >= 0.6 is 11.6 Å². The number of hydrogen-bond acceptors (Lipinski definition) is 3. The molecule has 1 saturated carbocycles. The fourth-order valence-electron chi connectivity index (χ4n) is 3.16. The van der Waals surface area contributed by atoms with E-state index in [1.165, 1.54) is 30.5 Å². The zero-order valence-electron chi connectivity index (χ0n) is 13.5. The zero-order chi connectivity index (χ0) is 17.9. The summed E-state index contributed by atoms with van der Waals surface area (Å²) in [4.78, 5) is 4.09. The lowest BCUT2D eigenvalue weighted by Crippen LogP contribution is -2.49. The Morgan fingerprint density at radius 1 is 1.24 bits per heavy atom. The van der Waals surface area contributed by atoms with Gasteiger partial charge in [0.05, 0.1) is 6.61 Å². The standard InChI is InChI=1S/C18H16ClF3N2O/c1-16(6-7-16)10-25-17(18(20,21)22)12-3-2-8-23-15(12)24-14-5-4-11(19)9-13(14)17/h2-5,8-9H,6-7,10H2,1H3,(H,23,24). The fraction of sp³-hybridized carbons (Fsp3) is 0.389. The van der Waals surface area contributed by atoms with Gasteiger partial charge in [-0.2, -0.15) is 13.2 Å². The maximum absolute atomic E-state index is 14.5. The van der Waals surface area contributed by atoms with E-state index in [-0.39, 0.29) is 34.0 Å². The van der Waals surface area contributed by atoms with Crippen molar-refractivity contribution >= 4 is 23.1 Å². The summed E-state index contributed by atoms with van der Waals surface area (Å²) in [7, 11) is 0. The van der Waals surface area contributed by atoms with Gasteiger partial charge in [-0.3, -0.25) is 0 Å². The van der Waals surface area contributed by atoms with Gasteiger partial charge in [-0.15, -0.1) is 0 Å². The first-order chi connectivity index (χ1) is 11.8. The highest BCUT2D eigenvalue weighted by Crippen LogP contribution is 2.56. The van der Waals surface area contributed by atoms with Crippen LogP contribution < -0.4 is 5.32 Å². The summed E-state index contributed by atoms with van der Waals surface area (Å²) in [6.07, 6.45) is -1.49. The van der Waals surface area contributed by atoms with Crippen LogP contribution in [-0.2, 0) is 10.3 Å². The second-order valence-corrected chi connectivity index (χ2v) is 7.43. The maximum atomic E-state index is 14.5. The van der Waals surface area contributed by atoms with Crippen molar-refractivity contribution in [2.45, 2.75) is 31.5 Å². The number of nitrogens with one attached hydrogen (secondary N) is 1. The van der Waals surface area contributed by atoms with Crippen molar-refractivity contribution < 1.29 is 17.9 Å². The van der Waals surface area contributed by atoms with Gasteiger partial charge < -0.3 is 10.1 Å². The second-order valence-electron chi connectivity index (χ2n) is 6.99. The average Bonchev–Trinajstić information content (AvgIpc) is 3.28. The van der Waals surface area contributed by atoms with Crippen molar-refractivity contribution in [1.82, 2.24) is 4.98 Å². The van der Waals surface area contributed by atoms with E-state index in [9.17, 15) is 13.2 Å². The van der Waals surface area contributed by atoms with Gasteiger partial charge in [-0.05, 0) is 42.5 Å². The van der Waals surface area contributed by atoms with Crippen molar-refractivity contribution in [2.75, 3.05) is 11.9 Å². The molecule has 1 atom stereocenters. The number of anilines is 2. The van der Waals surface area contributed by atoms with E-state index < -0.39 is 11.8 Å². The summed E-state index contributed by atoms with van der Waals surface area (Å²) in [6.45, 7) is 1.95. The monoisotopic (exact) mass is 368 g/mol. The maximum Gasteiger partial charge on any atom is 0.426 e. The number of aromatic nitrogens is 1. The molecule has 4 rings (SSSR count). The molecule has 1 aliphatic heterocycles. The molecule has 0 bridgehead atoms. The Morgan fingerprint density at radius 2 is 2.00 bits per heavy atom. The van der Waals surface area contributed by atoms with Gasteiger partial charge in [0.15, 0.2) is 0 Å². The Hall–Kier alpha value is -1.79. The van der Waals surface area contributed by atoms with Gasteiger partial charge in [0.25, 0.3) is 0 Å². The lowest BCUT2D eigenvalue weighted by Gasteiger charge is -2.42. The van der Waals surface area contributed by atoms with E-state index in [0.29, 0.717) is 5.69 Å². The number of nitrogens with zero attached hydrogens (tertiary/aromatic N) is 1. The van der Waals surface area contributed by atoms with Crippen LogP contribution in [0.5, 0.6) is 0 Å². The quantitative estimate of drug-likeness (QED) is 0.786. The number of pyridine rings is 1. The predicted octanol–water partition coefficient (Wildman–Crippen LogP) is 5.41. The van der Waals surface area contributed by atoms with E-state index >= 15 is 0 Å². The van der Waals surface area contributed by atoms with Crippen LogP contribution in [0.15, 0.2) is 36.5 Å². The van der Waals surface area contributed by atoms with Gasteiger partial charge in [0, 0.05) is 28.0 Å². The molecule has 3 nitrogen and oxygen atoms in total. The van der Waals surface area contributed by atoms with E-state index in [1.54, 1.807) is 6.07 Å². The lowest BCUT2D eigenvalue weighted by molar-refractivity contribution is -0.270. The molecule has 1 fully saturated rings. The van der Waals surface area contributed by atoms with Crippen LogP contribution in [0.3, 0.4) is 0 Å². The Balaban J connectivity index is 1.95. The molecule has 0 amide bonds. The minimum atomic E-state index is -4.67. The molecular formula is C18H16ClF3N2O. The summed E-state index contributed by atoms with van der Waals surface area (Å²) in [5.74, 6) is 0.149. The summed E-state index contributed by atoms with van der Waals surface area (Å²) in [6, 6.07) is 7.28. The third-order valence-electron chi connectivity index (χ3n) is 4.94. The number of fused-ring (bicyclic) bond motifs is 2. The second kappa shape index (κ2) is 5.35. The normalized spacial score (nSPS) is 23.4. The molecule has 1 aliphatic carbocycles. The van der Waals surface area contributed by atoms with Crippen LogP contribution in [0.2, 0.25) is 5.02 Å². The Morgan fingerprint density at radius 3 is 2.68 bits per heavy atom. The highest BCUT2D eigenvalue weighted by atomic mass is 35.5. The van der Waals surface area contributed by atoms with Gasteiger partial charge in [-0.1, -0.05) is 24.6 Å². The Bertz CT molecular complexity index is 835. The fourth-order valence-corrected chi connectivity index (χ4v) is 3.33. The molecule has 25 heavy (non-hydrogen) atoms. The van der Waals surface area contributed by atoms with Crippen LogP contribution in [0.4, 0.5) is 24.7 Å². The van der Waals surface area contributed by atoms with Crippen molar-refractivity contribution in [3.63, 3.8) is 0 Å². The van der Waals surface area contributed by atoms with Gasteiger partial charge >= 0.3 is 6.18 Å². The minimum Gasteiger partial charge on any atom is -0.356 e. The number of hydrogen-bond donors (Lipinski definition) is 1. The Labute approximate surface area is 148 Å². The van der Waals surface area contributed by atoms with Gasteiger partial charge in [0.2, 0.25) is 5.60 Å². The first-order valence-corrected chi connectivity index (χ1v) is 8.36. The number of alkyl halides is 3. The molecule has 132 valence electrons. The summed E-state index contributed by atoms with van der Waals surface area (Å²) in [5.41, 5.74) is -2.56. The highest BCUT2D eigenvalue weighted by Gasteiger charge is 2.63. The molecule has 0 radical (unpaired) electrons.